The van der Waals surface area contributed by atoms with E-state index >= 15 is 0 Å². The van der Waals surface area contributed by atoms with E-state index in [2.05, 4.69) is 0 Å². The first kappa shape index (κ1) is 10.4. The van der Waals surface area contributed by atoms with E-state index in [4.69, 9.17) is 9.84 Å². The van der Waals surface area contributed by atoms with Crippen molar-refractivity contribution >= 4 is 16.2 Å². The second kappa shape index (κ2) is 6.12. The first-order valence-electron chi connectivity index (χ1n) is 3.63. The zero-order valence-electron chi connectivity index (χ0n) is 6.96. The lowest BCUT2D eigenvalue weighted by molar-refractivity contribution is -0.139. The molecular formula is C7H14O3Si. The van der Waals surface area contributed by atoms with Gasteiger partial charge < -0.3 is 9.84 Å². The summed E-state index contributed by atoms with van der Waals surface area (Å²) in [5, 5.41) is 8.38. The Kier molecular flexibility index (Phi) is 5.78. The molecule has 0 heterocycles. The van der Waals surface area contributed by atoms with Crippen LogP contribution >= 0.6 is 0 Å². The third-order valence-electron chi connectivity index (χ3n) is 1.29. The average molecular weight is 174 g/mol. The first-order valence-corrected chi connectivity index (χ1v) is 4.78. The Morgan fingerprint density at radius 1 is 1.73 bits per heavy atom. The maximum absolute atomic E-state index is 10.9. The summed E-state index contributed by atoms with van der Waals surface area (Å²) in [4.78, 5) is 10.9. The molecular weight excluding hydrogens is 160 g/mol. The average Bonchev–Trinajstić information content (AvgIpc) is 2.03. The van der Waals surface area contributed by atoms with Crippen LogP contribution in [-0.2, 0) is 9.53 Å². The van der Waals surface area contributed by atoms with Gasteiger partial charge in [-0.3, -0.25) is 0 Å². The van der Waals surface area contributed by atoms with Crippen LogP contribution in [0.2, 0.25) is 0 Å². The first-order chi connectivity index (χ1) is 5.22. The van der Waals surface area contributed by atoms with Crippen molar-refractivity contribution < 1.29 is 14.6 Å². The summed E-state index contributed by atoms with van der Waals surface area (Å²) < 4.78 is 4.79. The molecule has 0 aromatic heterocycles. The van der Waals surface area contributed by atoms with E-state index in [9.17, 15) is 4.79 Å². The molecule has 0 aromatic carbocycles. The molecule has 0 amide bonds. The minimum Gasteiger partial charge on any atom is -0.462 e. The summed E-state index contributed by atoms with van der Waals surface area (Å²) in [5.41, 5.74) is 2.50. The standard InChI is InChI=1S/C7H14O3Si/c1-6(5-11)7(9)10-4-2-3-8/h5,8H,2-4H2,1,11H3. The van der Waals surface area contributed by atoms with E-state index in [0.29, 0.717) is 18.6 Å². The van der Waals surface area contributed by atoms with Crippen molar-refractivity contribution in [2.24, 2.45) is 0 Å². The third-order valence-corrected chi connectivity index (χ3v) is 2.16. The van der Waals surface area contributed by atoms with E-state index < -0.39 is 0 Å². The van der Waals surface area contributed by atoms with Gasteiger partial charge in [-0.1, -0.05) is 5.70 Å². The van der Waals surface area contributed by atoms with Crippen LogP contribution in [0.25, 0.3) is 0 Å². The lowest BCUT2D eigenvalue weighted by Gasteiger charge is -2.01. The van der Waals surface area contributed by atoms with Crippen LogP contribution in [0.3, 0.4) is 0 Å². The molecule has 0 bridgehead atoms. The third kappa shape index (κ3) is 4.75. The van der Waals surface area contributed by atoms with E-state index in [1.807, 2.05) is 5.70 Å². The number of aliphatic hydroxyl groups is 1. The van der Waals surface area contributed by atoms with Gasteiger partial charge in [0.15, 0.2) is 0 Å². The summed E-state index contributed by atoms with van der Waals surface area (Å²) >= 11 is 0. The minimum absolute atomic E-state index is 0.0664. The highest BCUT2D eigenvalue weighted by Crippen LogP contribution is 1.94. The van der Waals surface area contributed by atoms with Crippen LogP contribution < -0.4 is 0 Å². The fourth-order valence-electron chi connectivity index (χ4n) is 0.461. The Balaban J connectivity index is 3.53. The Hall–Kier alpha value is -0.613. The molecule has 0 aliphatic heterocycles. The van der Waals surface area contributed by atoms with Gasteiger partial charge in [0.25, 0.3) is 0 Å². The SMILES string of the molecule is CC(=C[SiH3])C(=O)OCCCO. The summed E-state index contributed by atoms with van der Waals surface area (Å²) in [6.07, 6.45) is 0.514. The van der Waals surface area contributed by atoms with Gasteiger partial charge in [-0.15, -0.1) is 0 Å². The molecule has 0 saturated carbocycles. The molecule has 0 atom stereocenters. The quantitative estimate of drug-likeness (QED) is 0.262. The van der Waals surface area contributed by atoms with E-state index in [1.54, 1.807) is 6.92 Å². The van der Waals surface area contributed by atoms with Crippen molar-refractivity contribution in [3.05, 3.63) is 11.3 Å². The van der Waals surface area contributed by atoms with Crippen molar-refractivity contribution in [1.82, 2.24) is 0 Å². The number of hydrogen-bond acceptors (Lipinski definition) is 3. The van der Waals surface area contributed by atoms with Crippen molar-refractivity contribution in [1.29, 1.82) is 0 Å². The number of esters is 1. The van der Waals surface area contributed by atoms with Gasteiger partial charge in [-0.05, 0) is 6.92 Å². The number of rotatable bonds is 4. The molecule has 0 saturated heterocycles. The van der Waals surface area contributed by atoms with Crippen LogP contribution in [0.4, 0.5) is 0 Å². The van der Waals surface area contributed by atoms with E-state index in [1.165, 1.54) is 0 Å². The minimum atomic E-state index is -0.270. The summed E-state index contributed by atoms with van der Waals surface area (Å²) in [7, 11) is 0.868. The van der Waals surface area contributed by atoms with Gasteiger partial charge in [0.05, 0.1) is 6.61 Å². The smallest absolute Gasteiger partial charge is 0.332 e. The predicted octanol–water partition coefficient (Wildman–Crippen LogP) is -0.819. The monoisotopic (exact) mass is 174 g/mol. The fourth-order valence-corrected chi connectivity index (χ4v) is 0.697. The van der Waals surface area contributed by atoms with Crippen LogP contribution in [0, 0.1) is 0 Å². The molecule has 4 heteroatoms. The van der Waals surface area contributed by atoms with E-state index in [-0.39, 0.29) is 12.6 Å². The van der Waals surface area contributed by atoms with Crippen LogP contribution in [0.5, 0.6) is 0 Å². The molecule has 64 valence electrons. The lowest BCUT2D eigenvalue weighted by atomic mass is 10.3. The van der Waals surface area contributed by atoms with Gasteiger partial charge in [0, 0.05) is 28.8 Å². The van der Waals surface area contributed by atoms with Crippen LogP contribution in [0.1, 0.15) is 13.3 Å². The van der Waals surface area contributed by atoms with E-state index in [0.717, 1.165) is 10.2 Å². The molecule has 0 unspecified atom stereocenters. The van der Waals surface area contributed by atoms with Gasteiger partial charge in [0.1, 0.15) is 0 Å². The number of aliphatic hydroxyl groups excluding tert-OH is 1. The summed E-state index contributed by atoms with van der Waals surface area (Å²) in [6.45, 7) is 2.10. The second-order valence-corrected chi connectivity index (χ2v) is 2.76. The molecule has 11 heavy (non-hydrogen) atoms. The van der Waals surface area contributed by atoms with Gasteiger partial charge >= 0.3 is 5.97 Å². The van der Waals surface area contributed by atoms with Crippen molar-refractivity contribution in [3.8, 4) is 0 Å². The van der Waals surface area contributed by atoms with Crippen molar-refractivity contribution in [3.63, 3.8) is 0 Å². The molecule has 0 fully saturated rings. The zero-order chi connectivity index (χ0) is 8.69. The lowest BCUT2D eigenvalue weighted by Crippen LogP contribution is -2.07. The molecule has 0 spiro atoms. The maximum atomic E-state index is 10.9. The molecule has 0 aromatic rings. The Morgan fingerprint density at radius 2 is 2.36 bits per heavy atom. The van der Waals surface area contributed by atoms with Crippen molar-refractivity contribution in [2.45, 2.75) is 13.3 Å². The van der Waals surface area contributed by atoms with Gasteiger partial charge in [-0.2, -0.15) is 0 Å². The Morgan fingerprint density at radius 3 is 2.82 bits per heavy atom. The molecule has 3 nitrogen and oxygen atoms in total. The molecule has 1 N–H and O–H groups in total. The maximum Gasteiger partial charge on any atom is 0.332 e. The largest absolute Gasteiger partial charge is 0.462 e. The highest BCUT2D eigenvalue weighted by molar-refractivity contribution is 6.19. The second-order valence-electron chi connectivity index (χ2n) is 2.18. The summed E-state index contributed by atoms with van der Waals surface area (Å²) in [6, 6.07) is 0. The van der Waals surface area contributed by atoms with Gasteiger partial charge in [0.2, 0.25) is 0 Å². The Labute approximate surface area is 69.5 Å². The van der Waals surface area contributed by atoms with Crippen molar-refractivity contribution in [2.75, 3.05) is 13.2 Å². The van der Waals surface area contributed by atoms with Crippen LogP contribution in [-0.4, -0.2) is 34.5 Å². The summed E-state index contributed by atoms with van der Waals surface area (Å²) in [5.74, 6) is -0.270. The number of carbonyl (C=O) groups excluding carboxylic acids is 1. The molecule has 0 aliphatic rings. The fraction of sp³-hybridized carbons (Fsp3) is 0.571. The highest BCUT2D eigenvalue weighted by atomic mass is 28.1. The predicted molar refractivity (Wildman–Crippen MR) is 46.4 cm³/mol. The number of hydrogen-bond donors (Lipinski definition) is 1. The molecule has 0 radical (unpaired) electrons. The Bertz CT molecular complexity index is 154. The highest BCUT2D eigenvalue weighted by Gasteiger charge is 2.02. The molecule has 0 rings (SSSR count). The number of ether oxygens (including phenoxy) is 1. The molecule has 0 aliphatic carbocycles. The normalized spacial score (nSPS) is 11.6. The van der Waals surface area contributed by atoms with Gasteiger partial charge in [-0.25, -0.2) is 4.79 Å². The topological polar surface area (TPSA) is 46.5 Å². The number of carbonyl (C=O) groups is 1. The zero-order valence-corrected chi connectivity index (χ0v) is 8.96. The van der Waals surface area contributed by atoms with Crippen LogP contribution in [0.15, 0.2) is 11.3 Å².